The highest BCUT2D eigenvalue weighted by Crippen LogP contribution is 2.23. The van der Waals surface area contributed by atoms with Crippen LogP contribution >= 0.6 is 0 Å². The summed E-state index contributed by atoms with van der Waals surface area (Å²) in [6, 6.07) is 5.48. The summed E-state index contributed by atoms with van der Waals surface area (Å²) in [5, 5.41) is 0. The Bertz CT molecular complexity index is 432. The Balaban J connectivity index is 2.29. The van der Waals surface area contributed by atoms with Gasteiger partial charge in [-0.3, -0.25) is 4.79 Å². The first-order chi connectivity index (χ1) is 7.18. The second-order valence-corrected chi connectivity index (χ2v) is 4.02. The summed E-state index contributed by atoms with van der Waals surface area (Å²) >= 11 is 0. The van der Waals surface area contributed by atoms with Crippen LogP contribution in [0.4, 0.5) is 5.69 Å². The summed E-state index contributed by atoms with van der Waals surface area (Å²) in [4.78, 5) is 12.0. The zero-order chi connectivity index (χ0) is 10.8. The van der Waals surface area contributed by atoms with E-state index in [4.69, 9.17) is 5.73 Å². The van der Waals surface area contributed by atoms with Crippen LogP contribution in [-0.2, 0) is 0 Å². The van der Waals surface area contributed by atoms with Crippen molar-refractivity contribution in [2.75, 3.05) is 5.73 Å². The largest absolute Gasteiger partial charge is 0.399 e. The summed E-state index contributed by atoms with van der Waals surface area (Å²) in [5.74, 6) is 0.163. The Morgan fingerprint density at radius 3 is 2.80 bits per heavy atom. The molecule has 2 rings (SSSR count). The molecule has 0 fully saturated rings. The molecule has 0 bridgehead atoms. The van der Waals surface area contributed by atoms with Gasteiger partial charge in [0.05, 0.1) is 0 Å². The van der Waals surface area contributed by atoms with Gasteiger partial charge < -0.3 is 5.73 Å². The minimum absolute atomic E-state index is 0.163. The van der Waals surface area contributed by atoms with E-state index in [1.807, 2.05) is 25.1 Å². The fraction of sp³-hybridized carbons (Fsp3) is 0.308. The lowest BCUT2D eigenvalue weighted by Gasteiger charge is -2.04. The lowest BCUT2D eigenvalue weighted by Crippen LogP contribution is -2.02. The molecule has 0 atom stereocenters. The number of nitrogen functional groups attached to an aromatic ring is 1. The van der Waals surface area contributed by atoms with Gasteiger partial charge in [0.2, 0.25) is 0 Å². The van der Waals surface area contributed by atoms with Crippen molar-refractivity contribution in [3.8, 4) is 0 Å². The molecule has 0 unspecified atom stereocenters. The summed E-state index contributed by atoms with van der Waals surface area (Å²) in [6.45, 7) is 1.93. The maximum absolute atomic E-state index is 12.0. The van der Waals surface area contributed by atoms with E-state index in [-0.39, 0.29) is 5.78 Å². The number of aryl methyl sites for hydroxylation is 1. The van der Waals surface area contributed by atoms with E-state index < -0.39 is 0 Å². The van der Waals surface area contributed by atoms with Crippen LogP contribution in [0.1, 0.15) is 35.2 Å². The van der Waals surface area contributed by atoms with Crippen LogP contribution < -0.4 is 5.73 Å². The van der Waals surface area contributed by atoms with E-state index in [0.717, 1.165) is 41.6 Å². The second kappa shape index (κ2) is 3.89. The van der Waals surface area contributed by atoms with Gasteiger partial charge in [-0.2, -0.15) is 0 Å². The molecule has 2 heteroatoms. The Morgan fingerprint density at radius 2 is 2.20 bits per heavy atom. The number of benzene rings is 1. The first-order valence-electron chi connectivity index (χ1n) is 5.28. The Hall–Kier alpha value is -1.57. The monoisotopic (exact) mass is 201 g/mol. The number of nitrogens with two attached hydrogens (primary N) is 1. The van der Waals surface area contributed by atoms with E-state index in [2.05, 4.69) is 0 Å². The Labute approximate surface area is 89.8 Å². The number of hydrogen-bond acceptors (Lipinski definition) is 2. The lowest BCUT2D eigenvalue weighted by atomic mass is 10.0. The normalized spacial score (nSPS) is 15.1. The summed E-state index contributed by atoms with van der Waals surface area (Å²) < 4.78 is 0. The van der Waals surface area contributed by atoms with E-state index in [1.165, 1.54) is 0 Å². The van der Waals surface area contributed by atoms with Crippen molar-refractivity contribution < 1.29 is 4.79 Å². The third kappa shape index (κ3) is 1.94. The first kappa shape index (κ1) is 9.97. The van der Waals surface area contributed by atoms with Gasteiger partial charge in [-0.1, -0.05) is 6.08 Å². The fourth-order valence-electron chi connectivity index (χ4n) is 1.88. The van der Waals surface area contributed by atoms with Gasteiger partial charge in [0.15, 0.2) is 5.78 Å². The van der Waals surface area contributed by atoms with E-state index in [9.17, 15) is 4.79 Å². The summed E-state index contributed by atoms with van der Waals surface area (Å²) in [5.41, 5.74) is 9.15. The molecule has 0 aliphatic heterocycles. The Kier molecular flexibility index (Phi) is 2.58. The molecule has 0 spiro atoms. The number of hydrogen-bond donors (Lipinski definition) is 1. The SMILES string of the molecule is Cc1cc(C(=O)C2=CCCC2)ccc1N. The van der Waals surface area contributed by atoms with Crippen molar-refractivity contribution in [1.29, 1.82) is 0 Å². The van der Waals surface area contributed by atoms with E-state index in [0.29, 0.717) is 0 Å². The molecule has 0 amide bonds. The molecular formula is C13H15NO. The molecule has 1 aromatic rings. The summed E-state index contributed by atoms with van der Waals surface area (Å²) in [7, 11) is 0. The molecule has 2 N–H and O–H groups in total. The molecule has 0 aromatic heterocycles. The molecule has 0 radical (unpaired) electrons. The average molecular weight is 201 g/mol. The third-order valence-electron chi connectivity index (χ3n) is 2.86. The van der Waals surface area contributed by atoms with Gasteiger partial charge >= 0.3 is 0 Å². The molecule has 1 aliphatic rings. The van der Waals surface area contributed by atoms with Crippen LogP contribution in [0.15, 0.2) is 29.8 Å². The van der Waals surface area contributed by atoms with Gasteiger partial charge in [-0.05, 0) is 55.5 Å². The third-order valence-corrected chi connectivity index (χ3v) is 2.86. The van der Waals surface area contributed by atoms with E-state index in [1.54, 1.807) is 6.07 Å². The number of Topliss-reactive ketones (excluding diaryl/α,β-unsaturated/α-hetero) is 1. The van der Waals surface area contributed by atoms with Crippen molar-refractivity contribution in [3.63, 3.8) is 0 Å². The molecular weight excluding hydrogens is 186 g/mol. The molecule has 78 valence electrons. The zero-order valence-corrected chi connectivity index (χ0v) is 8.92. The number of anilines is 1. The summed E-state index contributed by atoms with van der Waals surface area (Å²) in [6.07, 6.45) is 5.11. The van der Waals surface area contributed by atoms with Crippen LogP contribution in [0.25, 0.3) is 0 Å². The van der Waals surface area contributed by atoms with Gasteiger partial charge in [0.1, 0.15) is 0 Å². The number of allylic oxidation sites excluding steroid dienone is 2. The van der Waals surface area contributed by atoms with Crippen molar-refractivity contribution in [2.24, 2.45) is 0 Å². The molecule has 1 aliphatic carbocycles. The number of carbonyl (C=O) groups excluding carboxylic acids is 1. The van der Waals surface area contributed by atoms with E-state index >= 15 is 0 Å². The molecule has 0 heterocycles. The Morgan fingerprint density at radius 1 is 1.40 bits per heavy atom. The van der Waals surface area contributed by atoms with Gasteiger partial charge in [0.25, 0.3) is 0 Å². The standard InChI is InChI=1S/C13H15NO/c1-9-8-11(6-7-12(9)14)13(15)10-4-2-3-5-10/h4,6-8H,2-3,5,14H2,1H3. The highest BCUT2D eigenvalue weighted by atomic mass is 16.1. The highest BCUT2D eigenvalue weighted by molar-refractivity contribution is 6.09. The first-order valence-corrected chi connectivity index (χ1v) is 5.28. The van der Waals surface area contributed by atoms with Crippen LogP contribution in [0, 0.1) is 6.92 Å². The van der Waals surface area contributed by atoms with Gasteiger partial charge in [-0.25, -0.2) is 0 Å². The van der Waals surface area contributed by atoms with Crippen molar-refractivity contribution >= 4 is 11.5 Å². The van der Waals surface area contributed by atoms with Crippen LogP contribution in [0.3, 0.4) is 0 Å². The van der Waals surface area contributed by atoms with Gasteiger partial charge in [0, 0.05) is 11.3 Å². The number of carbonyl (C=O) groups is 1. The van der Waals surface area contributed by atoms with Crippen molar-refractivity contribution in [3.05, 3.63) is 41.0 Å². The van der Waals surface area contributed by atoms with Crippen molar-refractivity contribution in [1.82, 2.24) is 0 Å². The molecule has 0 saturated carbocycles. The molecule has 15 heavy (non-hydrogen) atoms. The predicted octanol–water partition coefficient (Wildman–Crippen LogP) is 2.87. The topological polar surface area (TPSA) is 43.1 Å². The molecule has 0 saturated heterocycles. The van der Waals surface area contributed by atoms with Crippen LogP contribution in [-0.4, -0.2) is 5.78 Å². The maximum Gasteiger partial charge on any atom is 0.188 e. The van der Waals surface area contributed by atoms with Crippen molar-refractivity contribution in [2.45, 2.75) is 26.2 Å². The van der Waals surface area contributed by atoms with Crippen LogP contribution in [0.2, 0.25) is 0 Å². The number of rotatable bonds is 2. The second-order valence-electron chi connectivity index (χ2n) is 4.02. The average Bonchev–Trinajstić information content (AvgIpc) is 2.74. The predicted molar refractivity (Wildman–Crippen MR) is 61.9 cm³/mol. The molecule has 2 nitrogen and oxygen atoms in total. The minimum atomic E-state index is 0.163. The fourth-order valence-corrected chi connectivity index (χ4v) is 1.88. The minimum Gasteiger partial charge on any atom is -0.399 e. The maximum atomic E-state index is 12.0. The van der Waals surface area contributed by atoms with Gasteiger partial charge in [-0.15, -0.1) is 0 Å². The lowest BCUT2D eigenvalue weighted by molar-refractivity contribution is 0.103. The zero-order valence-electron chi connectivity index (χ0n) is 8.92. The smallest absolute Gasteiger partial charge is 0.188 e. The van der Waals surface area contributed by atoms with Crippen LogP contribution in [0.5, 0.6) is 0 Å². The number of ketones is 1. The quantitative estimate of drug-likeness (QED) is 0.590. The molecule has 1 aromatic carbocycles. The highest BCUT2D eigenvalue weighted by Gasteiger charge is 2.15.